The molecular weight excluding hydrogens is 322 g/mol. The number of rotatable bonds is 4. The number of piperidine rings is 1. The van der Waals surface area contributed by atoms with Crippen LogP contribution in [-0.2, 0) is 16.1 Å². The number of benzene rings is 1. The maximum Gasteiger partial charge on any atom is 0.323 e. The van der Waals surface area contributed by atoms with Crippen molar-refractivity contribution in [2.45, 2.75) is 31.8 Å². The number of nitrogens with zero attached hydrogens (tertiary/aromatic N) is 1. The molecule has 1 unspecified atom stereocenters. The molecule has 1 saturated heterocycles. The summed E-state index contributed by atoms with van der Waals surface area (Å²) in [6.07, 6.45) is 3.05. The van der Waals surface area contributed by atoms with E-state index in [2.05, 4.69) is 20.8 Å². The summed E-state index contributed by atoms with van der Waals surface area (Å²) in [5.74, 6) is 0.709. The van der Waals surface area contributed by atoms with Crippen molar-refractivity contribution in [2.24, 2.45) is 0 Å². The molecule has 0 amide bonds. The first-order valence-corrected chi connectivity index (χ1v) is 7.59. The number of carbonyl (C=O) groups excluding carboxylic acids is 1. The van der Waals surface area contributed by atoms with Gasteiger partial charge in [-0.15, -0.1) is 0 Å². The highest BCUT2D eigenvalue weighted by Crippen LogP contribution is 2.27. The van der Waals surface area contributed by atoms with E-state index in [0.717, 1.165) is 41.6 Å². The predicted molar refractivity (Wildman–Crippen MR) is 80.8 cm³/mol. The summed E-state index contributed by atoms with van der Waals surface area (Å²) in [6, 6.07) is 5.80. The summed E-state index contributed by atoms with van der Waals surface area (Å²) in [5.41, 5.74) is 1.08. The zero-order chi connectivity index (χ0) is 14.5. The van der Waals surface area contributed by atoms with E-state index >= 15 is 0 Å². The van der Waals surface area contributed by atoms with Crippen molar-refractivity contribution < 1.29 is 14.3 Å². The molecule has 1 fully saturated rings. The third kappa shape index (κ3) is 3.52. The summed E-state index contributed by atoms with van der Waals surface area (Å²) in [7, 11) is 3.12. The molecule has 0 aromatic heterocycles. The molecular formula is C15H20BrNO3. The first-order chi connectivity index (χ1) is 9.65. The zero-order valence-corrected chi connectivity index (χ0v) is 13.5. The van der Waals surface area contributed by atoms with Crippen LogP contribution in [-0.4, -0.2) is 37.7 Å². The summed E-state index contributed by atoms with van der Waals surface area (Å²) in [6.45, 7) is 1.61. The van der Waals surface area contributed by atoms with Crippen molar-refractivity contribution >= 4 is 21.9 Å². The lowest BCUT2D eigenvalue weighted by atomic mass is 10.0. The highest BCUT2D eigenvalue weighted by molar-refractivity contribution is 9.10. The van der Waals surface area contributed by atoms with Crippen LogP contribution in [0.1, 0.15) is 24.8 Å². The number of halogens is 1. The lowest BCUT2D eigenvalue weighted by Crippen LogP contribution is -2.44. The molecule has 0 spiro atoms. The molecule has 1 aliphatic rings. The highest BCUT2D eigenvalue weighted by atomic mass is 79.9. The van der Waals surface area contributed by atoms with Gasteiger partial charge in [0.25, 0.3) is 0 Å². The monoisotopic (exact) mass is 341 g/mol. The van der Waals surface area contributed by atoms with Crippen LogP contribution in [0.4, 0.5) is 0 Å². The smallest absolute Gasteiger partial charge is 0.323 e. The zero-order valence-electron chi connectivity index (χ0n) is 11.9. The van der Waals surface area contributed by atoms with Crippen molar-refractivity contribution in [1.82, 2.24) is 4.90 Å². The van der Waals surface area contributed by atoms with E-state index in [1.165, 1.54) is 7.11 Å². The minimum Gasteiger partial charge on any atom is -0.496 e. The molecule has 1 heterocycles. The van der Waals surface area contributed by atoms with Crippen LogP contribution in [0.15, 0.2) is 22.7 Å². The van der Waals surface area contributed by atoms with Gasteiger partial charge in [0.2, 0.25) is 0 Å². The summed E-state index contributed by atoms with van der Waals surface area (Å²) in [4.78, 5) is 14.1. The molecule has 5 heteroatoms. The lowest BCUT2D eigenvalue weighted by molar-refractivity contribution is -0.148. The van der Waals surface area contributed by atoms with Crippen molar-refractivity contribution in [3.8, 4) is 5.75 Å². The Bertz CT molecular complexity index is 478. The Morgan fingerprint density at radius 2 is 2.20 bits per heavy atom. The van der Waals surface area contributed by atoms with Gasteiger partial charge in [0.05, 0.1) is 14.2 Å². The molecule has 4 nitrogen and oxygen atoms in total. The number of esters is 1. The minimum atomic E-state index is -0.141. The van der Waals surface area contributed by atoms with Gasteiger partial charge in [0, 0.05) is 16.6 Å². The van der Waals surface area contributed by atoms with Gasteiger partial charge >= 0.3 is 5.97 Å². The molecule has 110 valence electrons. The van der Waals surface area contributed by atoms with Gasteiger partial charge in [-0.05, 0) is 37.6 Å². The van der Waals surface area contributed by atoms with Gasteiger partial charge in [0.15, 0.2) is 0 Å². The van der Waals surface area contributed by atoms with Gasteiger partial charge in [-0.3, -0.25) is 9.69 Å². The summed E-state index contributed by atoms with van der Waals surface area (Å²) < 4.78 is 11.3. The van der Waals surface area contributed by atoms with Crippen molar-refractivity contribution in [2.75, 3.05) is 20.8 Å². The topological polar surface area (TPSA) is 38.8 Å². The predicted octanol–water partition coefficient (Wildman–Crippen LogP) is 2.99. The molecule has 0 saturated carbocycles. The van der Waals surface area contributed by atoms with Crippen LogP contribution in [0.25, 0.3) is 0 Å². The van der Waals surface area contributed by atoms with Crippen molar-refractivity contribution in [3.63, 3.8) is 0 Å². The van der Waals surface area contributed by atoms with Gasteiger partial charge < -0.3 is 9.47 Å². The average Bonchev–Trinajstić information content (AvgIpc) is 2.47. The Morgan fingerprint density at radius 3 is 2.90 bits per heavy atom. The van der Waals surface area contributed by atoms with E-state index in [-0.39, 0.29) is 12.0 Å². The second-order valence-corrected chi connectivity index (χ2v) is 5.88. The Labute approximate surface area is 128 Å². The van der Waals surface area contributed by atoms with E-state index in [9.17, 15) is 4.79 Å². The van der Waals surface area contributed by atoms with Crippen LogP contribution in [0.2, 0.25) is 0 Å². The molecule has 0 aliphatic carbocycles. The van der Waals surface area contributed by atoms with Crippen molar-refractivity contribution in [1.29, 1.82) is 0 Å². The summed E-state index contributed by atoms with van der Waals surface area (Å²) in [5, 5.41) is 0. The molecule has 0 bridgehead atoms. The molecule has 1 aliphatic heterocycles. The fraction of sp³-hybridized carbons (Fsp3) is 0.533. The Balaban J connectivity index is 2.18. The van der Waals surface area contributed by atoms with E-state index in [1.54, 1.807) is 7.11 Å². The molecule has 20 heavy (non-hydrogen) atoms. The highest BCUT2D eigenvalue weighted by Gasteiger charge is 2.29. The summed E-state index contributed by atoms with van der Waals surface area (Å²) >= 11 is 3.48. The molecule has 0 radical (unpaired) electrons. The SMILES string of the molecule is COC(=O)C1CCCCN1Cc1cc(Br)ccc1OC. The molecule has 1 aromatic carbocycles. The quantitative estimate of drug-likeness (QED) is 0.789. The number of carbonyl (C=O) groups is 1. The van der Waals surface area contributed by atoms with E-state index < -0.39 is 0 Å². The van der Waals surface area contributed by atoms with E-state index in [0.29, 0.717) is 6.54 Å². The molecule has 1 aromatic rings. The number of hydrogen-bond acceptors (Lipinski definition) is 4. The maximum atomic E-state index is 11.9. The maximum absolute atomic E-state index is 11.9. The van der Waals surface area contributed by atoms with Crippen LogP contribution in [0.5, 0.6) is 5.75 Å². The lowest BCUT2D eigenvalue weighted by Gasteiger charge is -2.34. The van der Waals surface area contributed by atoms with E-state index in [1.807, 2.05) is 18.2 Å². The van der Waals surface area contributed by atoms with E-state index in [4.69, 9.17) is 9.47 Å². The number of ether oxygens (including phenoxy) is 2. The number of methoxy groups -OCH3 is 2. The molecule has 1 atom stereocenters. The second-order valence-electron chi connectivity index (χ2n) is 4.96. The third-order valence-corrected chi connectivity index (χ3v) is 4.20. The minimum absolute atomic E-state index is 0.140. The average molecular weight is 342 g/mol. The van der Waals surface area contributed by atoms with Crippen LogP contribution in [0.3, 0.4) is 0 Å². The fourth-order valence-electron chi connectivity index (χ4n) is 2.67. The van der Waals surface area contributed by atoms with Crippen LogP contribution < -0.4 is 4.74 Å². The molecule has 0 N–H and O–H groups in total. The second kappa shape index (κ2) is 7.09. The van der Waals surface area contributed by atoms with Crippen LogP contribution in [0, 0.1) is 0 Å². The Kier molecular flexibility index (Phi) is 5.43. The van der Waals surface area contributed by atoms with Gasteiger partial charge in [-0.25, -0.2) is 0 Å². The number of hydrogen-bond donors (Lipinski definition) is 0. The Hall–Kier alpha value is -1.07. The fourth-order valence-corrected chi connectivity index (χ4v) is 3.08. The first kappa shape index (κ1) is 15.3. The largest absolute Gasteiger partial charge is 0.496 e. The Morgan fingerprint density at radius 1 is 1.40 bits per heavy atom. The van der Waals surface area contributed by atoms with Gasteiger partial charge in [-0.1, -0.05) is 22.4 Å². The standard InChI is InChI=1S/C15H20BrNO3/c1-19-14-7-6-12(16)9-11(14)10-17-8-4-3-5-13(17)15(18)20-2/h6-7,9,13H,3-5,8,10H2,1-2H3. The third-order valence-electron chi connectivity index (χ3n) is 3.70. The normalized spacial score (nSPS) is 19.6. The van der Waals surface area contributed by atoms with Crippen LogP contribution >= 0.6 is 15.9 Å². The van der Waals surface area contributed by atoms with Gasteiger partial charge in [0.1, 0.15) is 11.8 Å². The van der Waals surface area contributed by atoms with Gasteiger partial charge in [-0.2, -0.15) is 0 Å². The molecule has 2 rings (SSSR count). The number of likely N-dealkylation sites (tertiary alicyclic amines) is 1. The first-order valence-electron chi connectivity index (χ1n) is 6.80. The van der Waals surface area contributed by atoms with Crippen molar-refractivity contribution in [3.05, 3.63) is 28.2 Å².